The molecular weight excluding hydrogens is 432 g/mol. The Kier molecular flexibility index (Phi) is 8.26. The van der Waals surface area contributed by atoms with E-state index in [1.807, 2.05) is 0 Å². The van der Waals surface area contributed by atoms with Crippen molar-refractivity contribution in [2.45, 2.75) is 13.0 Å². The van der Waals surface area contributed by atoms with Gasteiger partial charge in [0, 0.05) is 24.7 Å². The van der Waals surface area contributed by atoms with Crippen LogP contribution in [0.4, 0.5) is 9.80 Å². The molecule has 3 rings (SSSR count). The number of aromatic nitrogens is 1. The molecule has 1 aliphatic rings. The number of benzene rings is 1. The Morgan fingerprint density at radius 3 is 2.70 bits per heavy atom. The lowest BCUT2D eigenvalue weighted by molar-refractivity contribution is 0.0375. The van der Waals surface area contributed by atoms with E-state index in [-0.39, 0.29) is 23.1 Å². The number of nitrogens with one attached hydrogen (secondary N) is 2. The quantitative estimate of drug-likeness (QED) is 0.499. The number of halogens is 1. The van der Waals surface area contributed by atoms with E-state index in [0.717, 1.165) is 56.4 Å². The van der Waals surface area contributed by atoms with E-state index in [2.05, 4.69) is 19.9 Å². The predicted molar refractivity (Wildman–Crippen MR) is 114 cm³/mol. The fourth-order valence-electron chi connectivity index (χ4n) is 2.86. The largest absolute Gasteiger partial charge is 0.477 e. The Balaban J connectivity index is 1.49. The maximum absolute atomic E-state index is 12.1. The summed E-state index contributed by atoms with van der Waals surface area (Å²) < 4.78 is 14.9. The number of anilines is 1. The van der Waals surface area contributed by atoms with Crippen LogP contribution < -0.4 is 15.4 Å². The molecule has 11 heteroatoms. The number of carbonyl (C=O) groups excluding carboxylic acids is 1. The van der Waals surface area contributed by atoms with Crippen LogP contribution in [0, 0.1) is 0 Å². The van der Waals surface area contributed by atoms with Crippen molar-refractivity contribution in [2.75, 3.05) is 44.7 Å². The van der Waals surface area contributed by atoms with E-state index in [4.69, 9.17) is 21.1 Å². The van der Waals surface area contributed by atoms with Crippen molar-refractivity contribution in [1.29, 1.82) is 0 Å². The number of ether oxygens (including phenoxy) is 2. The summed E-state index contributed by atoms with van der Waals surface area (Å²) >= 11 is 6.71. The van der Waals surface area contributed by atoms with Gasteiger partial charge in [-0.3, -0.25) is 10.2 Å². The number of morpholine rings is 1. The van der Waals surface area contributed by atoms with Gasteiger partial charge in [-0.15, -0.1) is 0 Å². The average molecular weight is 455 g/mol. The molecule has 1 aliphatic heterocycles. The van der Waals surface area contributed by atoms with Crippen LogP contribution >= 0.6 is 23.1 Å². The van der Waals surface area contributed by atoms with Gasteiger partial charge in [0.1, 0.15) is 11.6 Å². The molecule has 0 radical (unpaired) electrons. The third kappa shape index (κ3) is 6.56. The van der Waals surface area contributed by atoms with Crippen LogP contribution in [0.5, 0.6) is 5.88 Å². The number of aromatic carboxylic acids is 1. The molecule has 1 fully saturated rings. The molecule has 2 heterocycles. The normalized spacial score (nSPS) is 14.3. The van der Waals surface area contributed by atoms with Crippen molar-refractivity contribution in [2.24, 2.45) is 0 Å². The van der Waals surface area contributed by atoms with Crippen LogP contribution in [0.15, 0.2) is 24.3 Å². The zero-order chi connectivity index (χ0) is 21.3. The Labute approximate surface area is 183 Å². The summed E-state index contributed by atoms with van der Waals surface area (Å²) in [7, 11) is 0. The number of carboxylic acid groups (broad SMARTS) is 1. The smallest absolute Gasteiger partial charge is 0.344 e. The SMILES string of the molecule is O=C(NCCCN1CCOCC1)Nc1snc(OCc2ccc(Cl)cc2)c1C(=O)O. The molecule has 9 nitrogen and oxygen atoms in total. The highest BCUT2D eigenvalue weighted by atomic mass is 35.5. The lowest BCUT2D eigenvalue weighted by atomic mass is 10.2. The van der Waals surface area contributed by atoms with Crippen molar-refractivity contribution in [3.63, 3.8) is 0 Å². The number of carbonyl (C=O) groups is 2. The first-order chi connectivity index (χ1) is 14.5. The number of hydrogen-bond acceptors (Lipinski definition) is 7. The number of nitrogens with zero attached hydrogens (tertiary/aromatic N) is 2. The Hall–Kier alpha value is -2.40. The molecule has 0 atom stereocenters. The van der Waals surface area contributed by atoms with Gasteiger partial charge in [0.15, 0.2) is 5.56 Å². The Morgan fingerprint density at radius 2 is 2.00 bits per heavy atom. The lowest BCUT2D eigenvalue weighted by Gasteiger charge is -2.26. The molecule has 0 spiro atoms. The van der Waals surface area contributed by atoms with Crippen molar-refractivity contribution < 1.29 is 24.2 Å². The van der Waals surface area contributed by atoms with Crippen LogP contribution in [-0.2, 0) is 11.3 Å². The molecular formula is C19H23ClN4O5S. The molecule has 3 N–H and O–H groups in total. The lowest BCUT2D eigenvalue weighted by Crippen LogP contribution is -2.38. The maximum atomic E-state index is 12.1. The second-order valence-corrected chi connectivity index (χ2v) is 7.81. The van der Waals surface area contributed by atoms with Crippen LogP contribution in [0.2, 0.25) is 5.02 Å². The molecule has 30 heavy (non-hydrogen) atoms. The highest BCUT2D eigenvalue weighted by Crippen LogP contribution is 2.31. The molecule has 0 aliphatic carbocycles. The molecule has 1 aromatic carbocycles. The third-order valence-corrected chi connectivity index (χ3v) is 5.43. The minimum Gasteiger partial charge on any atom is -0.477 e. The average Bonchev–Trinajstić information content (AvgIpc) is 3.14. The molecule has 162 valence electrons. The second-order valence-electron chi connectivity index (χ2n) is 6.60. The van der Waals surface area contributed by atoms with Crippen LogP contribution in [0.3, 0.4) is 0 Å². The number of hydrogen-bond donors (Lipinski definition) is 3. The van der Waals surface area contributed by atoms with Crippen LogP contribution in [-0.4, -0.2) is 65.8 Å². The molecule has 0 saturated carbocycles. The molecule has 0 unspecified atom stereocenters. The van der Waals surface area contributed by atoms with Crippen molar-refractivity contribution >= 4 is 40.1 Å². The summed E-state index contributed by atoms with van der Waals surface area (Å²) in [5.74, 6) is -1.26. The van der Waals surface area contributed by atoms with Gasteiger partial charge in [0.05, 0.1) is 13.2 Å². The topological polar surface area (TPSA) is 113 Å². The molecule has 1 saturated heterocycles. The van der Waals surface area contributed by atoms with Crippen LogP contribution in [0.25, 0.3) is 0 Å². The van der Waals surface area contributed by atoms with Gasteiger partial charge >= 0.3 is 12.0 Å². The van der Waals surface area contributed by atoms with Crippen molar-refractivity contribution in [1.82, 2.24) is 14.6 Å². The zero-order valence-corrected chi connectivity index (χ0v) is 17.8. The Morgan fingerprint density at radius 1 is 1.27 bits per heavy atom. The number of urea groups is 1. The van der Waals surface area contributed by atoms with Gasteiger partial charge in [-0.05, 0) is 42.2 Å². The number of carboxylic acids is 1. The van der Waals surface area contributed by atoms with E-state index >= 15 is 0 Å². The summed E-state index contributed by atoms with van der Waals surface area (Å²) in [5, 5.41) is 15.5. The summed E-state index contributed by atoms with van der Waals surface area (Å²) in [5.41, 5.74) is 0.647. The van der Waals surface area contributed by atoms with E-state index in [9.17, 15) is 14.7 Å². The van der Waals surface area contributed by atoms with Gasteiger partial charge in [0.2, 0.25) is 5.88 Å². The molecule has 2 amide bonds. The first-order valence-electron chi connectivity index (χ1n) is 9.48. The van der Waals surface area contributed by atoms with E-state index in [1.54, 1.807) is 24.3 Å². The van der Waals surface area contributed by atoms with Gasteiger partial charge in [0.25, 0.3) is 0 Å². The van der Waals surface area contributed by atoms with Crippen LogP contribution in [0.1, 0.15) is 22.3 Å². The van der Waals surface area contributed by atoms with Crippen molar-refractivity contribution in [3.8, 4) is 5.88 Å². The second kappa shape index (κ2) is 11.1. The fourth-order valence-corrected chi connectivity index (χ4v) is 3.71. The monoisotopic (exact) mass is 454 g/mol. The van der Waals surface area contributed by atoms with Gasteiger partial charge in [-0.2, -0.15) is 4.37 Å². The summed E-state index contributed by atoms with van der Waals surface area (Å²) in [4.78, 5) is 26.1. The molecule has 0 bridgehead atoms. The predicted octanol–water partition coefficient (Wildman–Crippen LogP) is 2.92. The minimum absolute atomic E-state index is 0.0370. The molecule has 1 aromatic heterocycles. The number of amides is 2. The van der Waals surface area contributed by atoms with Crippen molar-refractivity contribution in [3.05, 3.63) is 40.4 Å². The fraction of sp³-hybridized carbons (Fsp3) is 0.421. The first kappa shape index (κ1) is 22.3. The summed E-state index contributed by atoms with van der Waals surface area (Å²) in [6.07, 6.45) is 0.789. The third-order valence-electron chi connectivity index (χ3n) is 4.43. The standard InChI is InChI=1S/C19H23ClN4O5S/c20-14-4-2-13(3-5-14)12-29-16-15(18(25)26)17(30-23-16)22-19(27)21-6-1-7-24-8-10-28-11-9-24/h2-5H,1,6-12H2,(H,25,26)(H2,21,22,27). The zero-order valence-electron chi connectivity index (χ0n) is 16.2. The van der Waals surface area contributed by atoms with Gasteiger partial charge in [-0.1, -0.05) is 23.7 Å². The minimum atomic E-state index is -1.22. The molecule has 2 aromatic rings. The first-order valence-corrected chi connectivity index (χ1v) is 10.6. The Bertz CT molecular complexity index is 855. The summed E-state index contributed by atoms with van der Waals surface area (Å²) in [6, 6.07) is 6.51. The van der Waals surface area contributed by atoms with Gasteiger partial charge < -0.3 is 19.9 Å². The number of rotatable bonds is 9. The van der Waals surface area contributed by atoms with E-state index in [1.165, 1.54) is 0 Å². The maximum Gasteiger partial charge on any atom is 0.344 e. The highest BCUT2D eigenvalue weighted by Gasteiger charge is 2.23. The van der Waals surface area contributed by atoms with Gasteiger partial charge in [-0.25, -0.2) is 9.59 Å². The van der Waals surface area contributed by atoms with E-state index in [0.29, 0.717) is 11.6 Å². The highest BCUT2D eigenvalue weighted by molar-refractivity contribution is 7.11. The van der Waals surface area contributed by atoms with E-state index < -0.39 is 12.0 Å². The summed E-state index contributed by atoms with van der Waals surface area (Å²) in [6.45, 7) is 4.74.